The van der Waals surface area contributed by atoms with Crippen LogP contribution in [0.1, 0.15) is 18.2 Å². The molecule has 3 rings (SSSR count). The van der Waals surface area contributed by atoms with Crippen molar-refractivity contribution in [2.24, 2.45) is 0 Å². The van der Waals surface area contributed by atoms with Crippen LogP contribution < -0.4 is 5.32 Å². The molecular weight excluding hydrogens is 200 g/mol. The molecule has 1 aliphatic rings. The molecule has 1 aliphatic heterocycles. The Morgan fingerprint density at radius 2 is 2.25 bits per heavy atom. The van der Waals surface area contributed by atoms with Crippen molar-refractivity contribution in [3.8, 4) is 5.75 Å². The fourth-order valence-corrected chi connectivity index (χ4v) is 2.57. The Morgan fingerprint density at radius 3 is 3.12 bits per heavy atom. The summed E-state index contributed by atoms with van der Waals surface area (Å²) in [7, 11) is 0. The van der Waals surface area contributed by atoms with Crippen LogP contribution in [0.25, 0.3) is 10.9 Å². The number of aromatic nitrogens is 1. The van der Waals surface area contributed by atoms with Crippen LogP contribution in [0.5, 0.6) is 5.75 Å². The summed E-state index contributed by atoms with van der Waals surface area (Å²) in [5.41, 5.74) is 3.82. The van der Waals surface area contributed by atoms with Gasteiger partial charge in [-0.1, -0.05) is 0 Å². The predicted molar refractivity (Wildman–Crippen MR) is 64.8 cm³/mol. The summed E-state index contributed by atoms with van der Waals surface area (Å²) < 4.78 is 0. The first-order valence-corrected chi connectivity index (χ1v) is 5.80. The van der Waals surface area contributed by atoms with Crippen LogP contribution in [0.3, 0.4) is 0 Å². The Balaban J connectivity index is 2.20. The highest BCUT2D eigenvalue weighted by Gasteiger charge is 2.17. The van der Waals surface area contributed by atoms with E-state index in [4.69, 9.17) is 0 Å². The standard InChI is InChI=1S/C13H16N2O/c1-8-6-13-10(4-5-14-8)11-7-9(16)2-3-12(11)15-13/h2-3,7-8,14-16H,4-6H2,1H3. The van der Waals surface area contributed by atoms with Gasteiger partial charge in [0, 0.05) is 29.1 Å². The van der Waals surface area contributed by atoms with Gasteiger partial charge in [0.1, 0.15) is 5.75 Å². The van der Waals surface area contributed by atoms with Crippen LogP contribution in [-0.2, 0) is 12.8 Å². The zero-order chi connectivity index (χ0) is 11.1. The van der Waals surface area contributed by atoms with Crippen molar-refractivity contribution in [1.29, 1.82) is 0 Å². The molecule has 2 heterocycles. The molecule has 1 atom stereocenters. The lowest BCUT2D eigenvalue weighted by Crippen LogP contribution is -2.27. The van der Waals surface area contributed by atoms with Gasteiger partial charge >= 0.3 is 0 Å². The number of hydrogen-bond donors (Lipinski definition) is 3. The van der Waals surface area contributed by atoms with Gasteiger partial charge in [-0.05, 0) is 43.7 Å². The van der Waals surface area contributed by atoms with Crippen molar-refractivity contribution in [3.63, 3.8) is 0 Å². The number of benzene rings is 1. The van der Waals surface area contributed by atoms with E-state index in [9.17, 15) is 5.11 Å². The first kappa shape index (κ1) is 9.73. The van der Waals surface area contributed by atoms with E-state index < -0.39 is 0 Å². The van der Waals surface area contributed by atoms with E-state index in [1.165, 1.54) is 16.6 Å². The van der Waals surface area contributed by atoms with E-state index in [2.05, 4.69) is 17.2 Å². The highest BCUT2D eigenvalue weighted by molar-refractivity contribution is 5.86. The van der Waals surface area contributed by atoms with E-state index in [1.54, 1.807) is 6.07 Å². The van der Waals surface area contributed by atoms with Gasteiger partial charge in [0.25, 0.3) is 0 Å². The van der Waals surface area contributed by atoms with Crippen LogP contribution >= 0.6 is 0 Å². The minimum Gasteiger partial charge on any atom is -0.508 e. The largest absolute Gasteiger partial charge is 0.508 e. The molecule has 16 heavy (non-hydrogen) atoms. The Kier molecular flexibility index (Phi) is 2.14. The molecule has 0 spiro atoms. The summed E-state index contributed by atoms with van der Waals surface area (Å²) >= 11 is 0. The average Bonchev–Trinajstić information content (AvgIpc) is 2.46. The predicted octanol–water partition coefficient (Wildman–Crippen LogP) is 1.95. The van der Waals surface area contributed by atoms with Crippen LogP contribution in [0.15, 0.2) is 18.2 Å². The number of H-pyrrole nitrogens is 1. The molecule has 0 saturated carbocycles. The first-order chi connectivity index (χ1) is 7.74. The van der Waals surface area contributed by atoms with Crippen LogP contribution in [0.4, 0.5) is 0 Å². The van der Waals surface area contributed by atoms with Crippen molar-refractivity contribution in [3.05, 3.63) is 29.5 Å². The molecule has 1 aromatic carbocycles. The SMILES string of the molecule is CC1Cc2[nH]c3ccc(O)cc3c2CCN1. The van der Waals surface area contributed by atoms with E-state index >= 15 is 0 Å². The average molecular weight is 216 g/mol. The smallest absolute Gasteiger partial charge is 0.116 e. The lowest BCUT2D eigenvalue weighted by atomic mass is 10.1. The summed E-state index contributed by atoms with van der Waals surface area (Å²) in [6.07, 6.45) is 2.06. The molecule has 3 N–H and O–H groups in total. The Hall–Kier alpha value is -1.48. The maximum Gasteiger partial charge on any atom is 0.116 e. The number of phenols is 1. The summed E-state index contributed by atoms with van der Waals surface area (Å²) in [5, 5.41) is 14.2. The van der Waals surface area contributed by atoms with Gasteiger partial charge in [-0.2, -0.15) is 0 Å². The Labute approximate surface area is 94.5 Å². The zero-order valence-corrected chi connectivity index (χ0v) is 9.38. The Bertz CT molecular complexity index is 530. The molecule has 0 radical (unpaired) electrons. The third-order valence-corrected chi connectivity index (χ3v) is 3.36. The first-order valence-electron chi connectivity index (χ1n) is 5.80. The molecular formula is C13H16N2O. The van der Waals surface area contributed by atoms with Crippen molar-refractivity contribution in [1.82, 2.24) is 10.3 Å². The van der Waals surface area contributed by atoms with Gasteiger partial charge in [0.05, 0.1) is 0 Å². The lowest BCUT2D eigenvalue weighted by Gasteiger charge is -2.07. The summed E-state index contributed by atoms with van der Waals surface area (Å²) in [4.78, 5) is 3.46. The number of aromatic amines is 1. The Morgan fingerprint density at radius 1 is 1.38 bits per heavy atom. The van der Waals surface area contributed by atoms with Crippen LogP contribution in [0, 0.1) is 0 Å². The van der Waals surface area contributed by atoms with Crippen molar-refractivity contribution in [2.45, 2.75) is 25.8 Å². The molecule has 84 valence electrons. The van der Waals surface area contributed by atoms with Crippen molar-refractivity contribution in [2.75, 3.05) is 6.54 Å². The van der Waals surface area contributed by atoms with E-state index in [1.807, 2.05) is 12.1 Å². The molecule has 1 aromatic heterocycles. The van der Waals surface area contributed by atoms with Crippen LogP contribution in [-0.4, -0.2) is 22.7 Å². The number of hydrogen-bond acceptors (Lipinski definition) is 2. The summed E-state index contributed by atoms with van der Waals surface area (Å²) in [6.45, 7) is 3.22. The maximum atomic E-state index is 9.54. The second kappa shape index (κ2) is 3.52. The quantitative estimate of drug-likeness (QED) is 0.630. The fraction of sp³-hybridized carbons (Fsp3) is 0.385. The molecule has 0 saturated heterocycles. The number of nitrogens with one attached hydrogen (secondary N) is 2. The molecule has 1 unspecified atom stereocenters. The molecule has 0 aliphatic carbocycles. The minimum atomic E-state index is 0.347. The van der Waals surface area contributed by atoms with Crippen LogP contribution in [0.2, 0.25) is 0 Å². The molecule has 3 nitrogen and oxygen atoms in total. The topological polar surface area (TPSA) is 48.0 Å². The van der Waals surface area contributed by atoms with Crippen molar-refractivity contribution < 1.29 is 5.11 Å². The third kappa shape index (κ3) is 1.48. The lowest BCUT2D eigenvalue weighted by molar-refractivity contribution is 0.476. The van der Waals surface area contributed by atoms with Gasteiger partial charge in [0.15, 0.2) is 0 Å². The maximum absolute atomic E-state index is 9.54. The second-order valence-corrected chi connectivity index (χ2v) is 4.62. The van der Waals surface area contributed by atoms with E-state index in [0.717, 1.165) is 24.9 Å². The fourth-order valence-electron chi connectivity index (χ4n) is 2.57. The van der Waals surface area contributed by atoms with E-state index in [-0.39, 0.29) is 0 Å². The molecule has 3 heteroatoms. The minimum absolute atomic E-state index is 0.347. The molecule has 2 aromatic rings. The highest BCUT2D eigenvalue weighted by atomic mass is 16.3. The number of rotatable bonds is 0. The van der Waals surface area contributed by atoms with Gasteiger partial charge in [0.2, 0.25) is 0 Å². The van der Waals surface area contributed by atoms with Gasteiger partial charge in [-0.15, -0.1) is 0 Å². The van der Waals surface area contributed by atoms with E-state index in [0.29, 0.717) is 11.8 Å². The van der Waals surface area contributed by atoms with Gasteiger partial charge < -0.3 is 15.4 Å². The molecule has 0 bridgehead atoms. The zero-order valence-electron chi connectivity index (χ0n) is 9.38. The monoisotopic (exact) mass is 216 g/mol. The molecule has 0 fully saturated rings. The second-order valence-electron chi connectivity index (χ2n) is 4.62. The van der Waals surface area contributed by atoms with Gasteiger partial charge in [-0.25, -0.2) is 0 Å². The number of aromatic hydroxyl groups is 1. The summed E-state index contributed by atoms with van der Waals surface area (Å²) in [6, 6.07) is 6.07. The highest BCUT2D eigenvalue weighted by Crippen LogP contribution is 2.28. The number of phenolic OH excluding ortho intramolecular Hbond substituents is 1. The number of fused-ring (bicyclic) bond motifs is 3. The van der Waals surface area contributed by atoms with Crippen molar-refractivity contribution >= 4 is 10.9 Å². The summed E-state index contributed by atoms with van der Waals surface area (Å²) in [5.74, 6) is 0.347. The normalized spacial score (nSPS) is 20.7. The third-order valence-electron chi connectivity index (χ3n) is 3.36. The van der Waals surface area contributed by atoms with Gasteiger partial charge in [-0.3, -0.25) is 0 Å². The molecule has 0 amide bonds.